The highest BCUT2D eigenvalue weighted by Gasteiger charge is 2.19. The van der Waals surface area contributed by atoms with Gasteiger partial charge in [-0.05, 0) is 24.3 Å². The monoisotopic (exact) mass is 282 g/mol. The molecule has 102 valence electrons. The molecule has 0 saturated carbocycles. The molecule has 0 bridgehead atoms. The Morgan fingerprint density at radius 1 is 1.42 bits per heavy atom. The van der Waals surface area contributed by atoms with Gasteiger partial charge in [-0.25, -0.2) is 13.1 Å². The second kappa shape index (κ2) is 5.96. The van der Waals surface area contributed by atoms with Crippen molar-refractivity contribution in [3.63, 3.8) is 0 Å². The first-order valence-electron chi connectivity index (χ1n) is 5.59. The van der Waals surface area contributed by atoms with E-state index in [1.807, 2.05) is 0 Å². The minimum Gasteiger partial charge on any atom is -0.467 e. The number of rotatable bonds is 6. The number of pyridine rings is 1. The number of nitrogens with one attached hydrogen (secondary N) is 1. The quantitative estimate of drug-likeness (QED) is 0.864. The molecule has 0 saturated heterocycles. The van der Waals surface area contributed by atoms with Crippen LogP contribution >= 0.6 is 0 Å². The zero-order valence-corrected chi connectivity index (χ0v) is 11.1. The highest BCUT2D eigenvalue weighted by molar-refractivity contribution is 7.89. The maximum absolute atomic E-state index is 12.0. The van der Waals surface area contributed by atoms with Crippen molar-refractivity contribution >= 4 is 10.0 Å². The number of furan rings is 1. The van der Waals surface area contributed by atoms with E-state index in [0.29, 0.717) is 5.76 Å². The summed E-state index contributed by atoms with van der Waals surface area (Å²) in [6.07, 6.45) is 3.84. The molecule has 2 rings (SSSR count). The molecule has 0 fully saturated rings. The predicted molar refractivity (Wildman–Crippen MR) is 67.9 cm³/mol. The fourth-order valence-electron chi connectivity index (χ4n) is 1.55. The van der Waals surface area contributed by atoms with Gasteiger partial charge in [0, 0.05) is 26.0 Å². The second-order valence-electron chi connectivity index (χ2n) is 3.78. The van der Waals surface area contributed by atoms with Gasteiger partial charge in [-0.3, -0.25) is 4.98 Å². The summed E-state index contributed by atoms with van der Waals surface area (Å²) in [6.45, 7) is 0.0846. The van der Waals surface area contributed by atoms with Gasteiger partial charge in [0.2, 0.25) is 10.0 Å². The lowest BCUT2D eigenvalue weighted by Crippen LogP contribution is -2.29. The van der Waals surface area contributed by atoms with Gasteiger partial charge in [0.25, 0.3) is 0 Å². The van der Waals surface area contributed by atoms with Gasteiger partial charge < -0.3 is 9.15 Å². The van der Waals surface area contributed by atoms with Crippen molar-refractivity contribution < 1.29 is 17.6 Å². The van der Waals surface area contributed by atoms with Gasteiger partial charge in [0.15, 0.2) is 0 Å². The average molecular weight is 282 g/mol. The molecule has 2 aromatic heterocycles. The number of hydrogen-bond acceptors (Lipinski definition) is 5. The van der Waals surface area contributed by atoms with E-state index in [1.54, 1.807) is 18.2 Å². The Balaban J connectivity index is 2.06. The Kier molecular flexibility index (Phi) is 4.31. The Morgan fingerprint density at radius 3 is 2.84 bits per heavy atom. The van der Waals surface area contributed by atoms with Crippen LogP contribution in [0.2, 0.25) is 0 Å². The van der Waals surface area contributed by atoms with Crippen LogP contribution in [0.1, 0.15) is 11.9 Å². The van der Waals surface area contributed by atoms with Crippen LogP contribution in [0.15, 0.2) is 52.2 Å². The summed E-state index contributed by atoms with van der Waals surface area (Å²) in [7, 11) is -2.10. The Bertz CT molecular complexity index is 596. The van der Waals surface area contributed by atoms with Crippen LogP contribution in [-0.4, -0.2) is 27.1 Å². The Hall–Kier alpha value is -1.70. The zero-order valence-electron chi connectivity index (χ0n) is 10.3. The van der Waals surface area contributed by atoms with Gasteiger partial charge in [-0.1, -0.05) is 0 Å². The van der Waals surface area contributed by atoms with Crippen molar-refractivity contribution in [1.29, 1.82) is 0 Å². The van der Waals surface area contributed by atoms with E-state index in [4.69, 9.17) is 9.15 Å². The Labute approximate surface area is 111 Å². The molecule has 0 aliphatic carbocycles. The third-order valence-electron chi connectivity index (χ3n) is 2.55. The SMILES string of the molecule is CO[C@H](CNS(=O)(=O)c1cccnc1)c1ccco1. The van der Waals surface area contributed by atoms with Crippen molar-refractivity contribution in [3.05, 3.63) is 48.7 Å². The molecular formula is C12H14N2O4S. The normalized spacial score (nSPS) is 13.3. The molecule has 2 aromatic rings. The molecule has 19 heavy (non-hydrogen) atoms. The first kappa shape index (κ1) is 13.7. The smallest absolute Gasteiger partial charge is 0.242 e. The lowest BCUT2D eigenvalue weighted by Gasteiger charge is -2.13. The molecule has 2 heterocycles. The summed E-state index contributed by atoms with van der Waals surface area (Å²) < 4.78 is 36.8. The summed E-state index contributed by atoms with van der Waals surface area (Å²) in [4.78, 5) is 3.89. The Morgan fingerprint density at radius 2 is 2.26 bits per heavy atom. The minimum atomic E-state index is -3.59. The van der Waals surface area contributed by atoms with Crippen molar-refractivity contribution in [1.82, 2.24) is 9.71 Å². The molecule has 0 aliphatic heterocycles. The first-order chi connectivity index (χ1) is 9.13. The molecule has 0 spiro atoms. The van der Waals surface area contributed by atoms with E-state index in [2.05, 4.69) is 9.71 Å². The lowest BCUT2D eigenvalue weighted by molar-refractivity contribution is 0.0878. The number of hydrogen-bond donors (Lipinski definition) is 1. The highest BCUT2D eigenvalue weighted by Crippen LogP contribution is 2.17. The third kappa shape index (κ3) is 3.40. The van der Waals surface area contributed by atoms with E-state index in [1.165, 1.54) is 31.8 Å². The van der Waals surface area contributed by atoms with Crippen molar-refractivity contribution in [2.75, 3.05) is 13.7 Å². The second-order valence-corrected chi connectivity index (χ2v) is 5.55. The third-order valence-corrected chi connectivity index (χ3v) is 3.96. The predicted octanol–water partition coefficient (Wildman–Crippen LogP) is 1.34. The topological polar surface area (TPSA) is 81.4 Å². The minimum absolute atomic E-state index is 0.0846. The first-order valence-corrected chi connectivity index (χ1v) is 7.07. The van der Waals surface area contributed by atoms with Crippen LogP contribution in [0.4, 0.5) is 0 Å². The molecule has 0 aliphatic rings. The molecular weight excluding hydrogens is 268 g/mol. The standard InChI is InChI=1S/C12H14N2O4S/c1-17-12(11-5-3-7-18-11)9-14-19(15,16)10-4-2-6-13-8-10/h2-8,12,14H,9H2,1H3/t12-/m1/s1. The van der Waals surface area contributed by atoms with Gasteiger partial charge in [-0.15, -0.1) is 0 Å². The largest absolute Gasteiger partial charge is 0.467 e. The lowest BCUT2D eigenvalue weighted by atomic mass is 10.3. The molecule has 0 unspecified atom stereocenters. The number of aromatic nitrogens is 1. The van der Waals surface area contributed by atoms with Crippen molar-refractivity contribution in [2.45, 2.75) is 11.0 Å². The summed E-state index contributed by atoms with van der Waals surface area (Å²) in [6, 6.07) is 6.49. The maximum atomic E-state index is 12.0. The molecule has 0 radical (unpaired) electrons. The molecule has 0 aromatic carbocycles. The number of nitrogens with zero attached hydrogens (tertiary/aromatic N) is 1. The van der Waals surface area contributed by atoms with Gasteiger partial charge in [0.1, 0.15) is 16.8 Å². The summed E-state index contributed by atoms with van der Waals surface area (Å²) in [5, 5.41) is 0. The fourth-order valence-corrected chi connectivity index (χ4v) is 2.54. The van der Waals surface area contributed by atoms with Crippen LogP contribution in [0.5, 0.6) is 0 Å². The molecule has 7 heteroatoms. The molecule has 0 amide bonds. The number of methoxy groups -OCH3 is 1. The van der Waals surface area contributed by atoms with Crippen LogP contribution < -0.4 is 4.72 Å². The van der Waals surface area contributed by atoms with E-state index in [9.17, 15) is 8.42 Å². The summed E-state index contributed by atoms with van der Waals surface area (Å²) in [5.41, 5.74) is 0. The van der Waals surface area contributed by atoms with E-state index < -0.39 is 16.1 Å². The van der Waals surface area contributed by atoms with Crippen molar-refractivity contribution in [3.8, 4) is 0 Å². The average Bonchev–Trinajstić information content (AvgIpc) is 2.94. The summed E-state index contributed by atoms with van der Waals surface area (Å²) >= 11 is 0. The van der Waals surface area contributed by atoms with Crippen molar-refractivity contribution in [2.24, 2.45) is 0 Å². The zero-order chi connectivity index (χ0) is 13.7. The highest BCUT2D eigenvalue weighted by atomic mass is 32.2. The van der Waals surface area contributed by atoms with E-state index >= 15 is 0 Å². The maximum Gasteiger partial charge on any atom is 0.242 e. The van der Waals surface area contributed by atoms with Crippen LogP contribution in [-0.2, 0) is 14.8 Å². The van der Waals surface area contributed by atoms with E-state index in [0.717, 1.165) is 0 Å². The van der Waals surface area contributed by atoms with E-state index in [-0.39, 0.29) is 11.4 Å². The van der Waals surface area contributed by atoms with Crippen LogP contribution in [0.25, 0.3) is 0 Å². The summed E-state index contributed by atoms with van der Waals surface area (Å²) in [5.74, 6) is 0.566. The fraction of sp³-hybridized carbons (Fsp3) is 0.250. The van der Waals surface area contributed by atoms with Gasteiger partial charge >= 0.3 is 0 Å². The number of ether oxygens (including phenoxy) is 1. The number of sulfonamides is 1. The van der Waals surface area contributed by atoms with Crippen LogP contribution in [0, 0.1) is 0 Å². The van der Waals surface area contributed by atoms with Gasteiger partial charge in [0.05, 0.1) is 6.26 Å². The molecule has 6 nitrogen and oxygen atoms in total. The molecule has 1 N–H and O–H groups in total. The molecule has 1 atom stereocenters. The van der Waals surface area contributed by atoms with Crippen LogP contribution in [0.3, 0.4) is 0 Å². The van der Waals surface area contributed by atoms with Gasteiger partial charge in [-0.2, -0.15) is 0 Å².